The van der Waals surface area contributed by atoms with Crippen LogP contribution in [0.25, 0.3) is 0 Å². The van der Waals surface area contributed by atoms with Crippen molar-refractivity contribution in [3.63, 3.8) is 0 Å². The fourth-order valence-corrected chi connectivity index (χ4v) is 2.71. The summed E-state index contributed by atoms with van der Waals surface area (Å²) in [6, 6.07) is -0.819. The van der Waals surface area contributed by atoms with Crippen molar-refractivity contribution in [2.75, 3.05) is 25.1 Å². The second-order valence-electron chi connectivity index (χ2n) is 4.96. The first-order valence-corrected chi connectivity index (χ1v) is 8.12. The van der Waals surface area contributed by atoms with Crippen molar-refractivity contribution in [1.82, 2.24) is 10.2 Å². The molecule has 0 aromatic rings. The summed E-state index contributed by atoms with van der Waals surface area (Å²) in [4.78, 5) is 36.1. The third kappa shape index (κ3) is 5.03. The Hall–Kier alpha value is -1.24. The number of likely N-dealkylation sites (tertiary alicyclic amines) is 1. The summed E-state index contributed by atoms with van der Waals surface area (Å²) in [5.41, 5.74) is 0. The van der Waals surface area contributed by atoms with Crippen molar-refractivity contribution in [2.45, 2.75) is 32.2 Å². The van der Waals surface area contributed by atoms with Gasteiger partial charge in [0.2, 0.25) is 11.8 Å². The molecule has 1 aliphatic heterocycles. The molecule has 0 aromatic heterocycles. The minimum Gasteiger partial charge on any atom is -0.480 e. The van der Waals surface area contributed by atoms with Crippen LogP contribution in [0.15, 0.2) is 0 Å². The normalized spacial score (nSPS) is 17.6. The van der Waals surface area contributed by atoms with E-state index in [-0.39, 0.29) is 17.7 Å². The Kier molecular flexibility index (Phi) is 6.84. The van der Waals surface area contributed by atoms with E-state index in [0.29, 0.717) is 38.1 Å². The van der Waals surface area contributed by atoms with Crippen LogP contribution in [0.4, 0.5) is 0 Å². The van der Waals surface area contributed by atoms with E-state index >= 15 is 0 Å². The number of nitrogens with zero attached hydrogens (tertiary/aromatic N) is 1. The van der Waals surface area contributed by atoms with Gasteiger partial charge in [0.05, 0.1) is 0 Å². The van der Waals surface area contributed by atoms with Crippen LogP contribution in [0.1, 0.15) is 26.2 Å². The molecule has 0 aromatic carbocycles. The molecule has 1 fully saturated rings. The Morgan fingerprint density at radius 1 is 1.35 bits per heavy atom. The number of aliphatic carboxylic acids is 1. The van der Waals surface area contributed by atoms with Gasteiger partial charge in [-0.2, -0.15) is 11.8 Å². The molecule has 0 spiro atoms. The molecule has 0 radical (unpaired) electrons. The molecular formula is C13H22N2O4S. The van der Waals surface area contributed by atoms with Crippen molar-refractivity contribution in [3.8, 4) is 0 Å². The Balaban J connectivity index is 2.45. The summed E-state index contributed by atoms with van der Waals surface area (Å²) in [7, 11) is 0. The number of hydrogen-bond donors (Lipinski definition) is 2. The predicted octanol–water partition coefficient (Wildman–Crippen LogP) is 0.567. The highest BCUT2D eigenvalue weighted by molar-refractivity contribution is 7.98. The molecular weight excluding hydrogens is 280 g/mol. The van der Waals surface area contributed by atoms with Gasteiger partial charge in [0.15, 0.2) is 0 Å². The van der Waals surface area contributed by atoms with E-state index in [1.807, 2.05) is 6.26 Å². The Morgan fingerprint density at radius 2 is 1.95 bits per heavy atom. The van der Waals surface area contributed by atoms with Crippen molar-refractivity contribution in [1.29, 1.82) is 0 Å². The first kappa shape index (κ1) is 16.8. The molecule has 0 aliphatic carbocycles. The number of carbonyl (C=O) groups excluding carboxylic acids is 2. The maximum atomic E-state index is 12.1. The predicted molar refractivity (Wildman–Crippen MR) is 77.5 cm³/mol. The number of hydrogen-bond acceptors (Lipinski definition) is 4. The number of amides is 2. The average Bonchev–Trinajstić information content (AvgIpc) is 2.42. The number of carbonyl (C=O) groups is 3. The second kappa shape index (κ2) is 8.14. The highest BCUT2D eigenvalue weighted by Gasteiger charge is 2.28. The van der Waals surface area contributed by atoms with Gasteiger partial charge in [-0.1, -0.05) is 0 Å². The summed E-state index contributed by atoms with van der Waals surface area (Å²) in [5, 5.41) is 11.7. The third-order valence-corrected chi connectivity index (χ3v) is 4.18. The quantitative estimate of drug-likeness (QED) is 0.749. The SMILES string of the molecule is CSCC[C@@H](NC(=O)C1CCN(C(C)=O)CC1)C(=O)O. The van der Waals surface area contributed by atoms with E-state index in [1.165, 1.54) is 6.92 Å². The second-order valence-corrected chi connectivity index (χ2v) is 5.95. The minimum atomic E-state index is -0.992. The van der Waals surface area contributed by atoms with Gasteiger partial charge < -0.3 is 15.3 Å². The van der Waals surface area contributed by atoms with Gasteiger partial charge in [-0.15, -0.1) is 0 Å². The van der Waals surface area contributed by atoms with Crippen molar-refractivity contribution in [3.05, 3.63) is 0 Å². The van der Waals surface area contributed by atoms with Gasteiger partial charge in [0.1, 0.15) is 6.04 Å². The fraction of sp³-hybridized carbons (Fsp3) is 0.769. The highest BCUT2D eigenvalue weighted by atomic mass is 32.2. The molecule has 0 bridgehead atoms. The molecule has 6 nitrogen and oxygen atoms in total. The first-order valence-electron chi connectivity index (χ1n) is 6.73. The Morgan fingerprint density at radius 3 is 2.40 bits per heavy atom. The van der Waals surface area contributed by atoms with E-state index in [2.05, 4.69) is 5.32 Å². The van der Waals surface area contributed by atoms with E-state index in [1.54, 1.807) is 16.7 Å². The van der Waals surface area contributed by atoms with E-state index < -0.39 is 12.0 Å². The lowest BCUT2D eigenvalue weighted by atomic mass is 9.95. The van der Waals surface area contributed by atoms with Gasteiger partial charge in [-0.25, -0.2) is 4.79 Å². The molecule has 20 heavy (non-hydrogen) atoms. The zero-order valence-electron chi connectivity index (χ0n) is 11.9. The Bertz CT molecular complexity index is 367. The smallest absolute Gasteiger partial charge is 0.326 e. The van der Waals surface area contributed by atoms with Crippen LogP contribution in [-0.4, -0.2) is 58.9 Å². The zero-order chi connectivity index (χ0) is 15.1. The van der Waals surface area contributed by atoms with Gasteiger partial charge in [0, 0.05) is 25.9 Å². The maximum absolute atomic E-state index is 12.1. The molecule has 1 heterocycles. The highest BCUT2D eigenvalue weighted by Crippen LogP contribution is 2.17. The summed E-state index contributed by atoms with van der Waals surface area (Å²) >= 11 is 1.55. The lowest BCUT2D eigenvalue weighted by molar-refractivity contribution is -0.143. The lowest BCUT2D eigenvalue weighted by Gasteiger charge is -2.31. The summed E-state index contributed by atoms with van der Waals surface area (Å²) < 4.78 is 0. The first-order chi connectivity index (χ1) is 9.45. The summed E-state index contributed by atoms with van der Waals surface area (Å²) in [5.74, 6) is -0.677. The van der Waals surface area contributed by atoms with E-state index in [0.717, 1.165) is 0 Å². The van der Waals surface area contributed by atoms with Gasteiger partial charge in [0.25, 0.3) is 0 Å². The monoisotopic (exact) mass is 302 g/mol. The largest absolute Gasteiger partial charge is 0.480 e. The molecule has 0 saturated carbocycles. The van der Waals surface area contributed by atoms with Crippen LogP contribution >= 0.6 is 11.8 Å². The molecule has 1 rings (SSSR count). The standard InChI is InChI=1S/C13H22N2O4S/c1-9(16)15-6-3-10(4-7-15)12(17)14-11(13(18)19)5-8-20-2/h10-11H,3-8H2,1-2H3,(H,14,17)(H,18,19)/t11-/m1/s1. The number of carboxylic acids is 1. The topological polar surface area (TPSA) is 86.7 Å². The number of piperidine rings is 1. The van der Waals surface area contributed by atoms with E-state index in [9.17, 15) is 14.4 Å². The van der Waals surface area contributed by atoms with Gasteiger partial charge in [-0.3, -0.25) is 9.59 Å². The van der Waals surface area contributed by atoms with Crippen LogP contribution in [-0.2, 0) is 14.4 Å². The zero-order valence-corrected chi connectivity index (χ0v) is 12.7. The van der Waals surface area contributed by atoms with E-state index in [4.69, 9.17) is 5.11 Å². The molecule has 1 atom stereocenters. The summed E-state index contributed by atoms with van der Waals surface area (Å²) in [6.07, 6.45) is 3.52. The third-order valence-electron chi connectivity index (χ3n) is 3.54. The number of thioether (sulfide) groups is 1. The molecule has 1 aliphatic rings. The molecule has 0 unspecified atom stereocenters. The average molecular weight is 302 g/mol. The van der Waals surface area contributed by atoms with Gasteiger partial charge in [-0.05, 0) is 31.3 Å². The van der Waals surface area contributed by atoms with Crippen molar-refractivity contribution >= 4 is 29.5 Å². The fourth-order valence-electron chi connectivity index (χ4n) is 2.24. The molecule has 1 saturated heterocycles. The van der Waals surface area contributed by atoms with Crippen LogP contribution in [0.3, 0.4) is 0 Å². The molecule has 7 heteroatoms. The number of carboxylic acid groups (broad SMARTS) is 1. The van der Waals surface area contributed by atoms with Crippen molar-refractivity contribution < 1.29 is 19.5 Å². The van der Waals surface area contributed by atoms with Gasteiger partial charge >= 0.3 is 5.97 Å². The molecule has 114 valence electrons. The lowest BCUT2D eigenvalue weighted by Crippen LogP contribution is -2.47. The Labute approximate surface area is 123 Å². The maximum Gasteiger partial charge on any atom is 0.326 e. The van der Waals surface area contributed by atoms with Crippen molar-refractivity contribution in [2.24, 2.45) is 5.92 Å². The van der Waals surface area contributed by atoms with Crippen LogP contribution in [0, 0.1) is 5.92 Å². The minimum absolute atomic E-state index is 0.0206. The van der Waals surface area contributed by atoms with Crippen LogP contribution < -0.4 is 5.32 Å². The van der Waals surface area contributed by atoms with Crippen LogP contribution in [0.2, 0.25) is 0 Å². The van der Waals surface area contributed by atoms with Crippen LogP contribution in [0.5, 0.6) is 0 Å². The summed E-state index contributed by atoms with van der Waals surface area (Å²) in [6.45, 7) is 2.65. The number of nitrogens with one attached hydrogen (secondary N) is 1. The number of rotatable bonds is 6. The molecule has 2 amide bonds. The molecule has 2 N–H and O–H groups in total.